The van der Waals surface area contributed by atoms with Crippen molar-refractivity contribution in [2.75, 3.05) is 13.1 Å². The lowest BCUT2D eigenvalue weighted by atomic mass is 9.91. The lowest BCUT2D eigenvalue weighted by Crippen LogP contribution is -2.27. The van der Waals surface area contributed by atoms with Crippen molar-refractivity contribution in [3.05, 3.63) is 37.1 Å². The van der Waals surface area contributed by atoms with Gasteiger partial charge in [-0.3, -0.25) is 12.0 Å². The van der Waals surface area contributed by atoms with Crippen molar-refractivity contribution in [1.82, 2.24) is 9.88 Å². The van der Waals surface area contributed by atoms with E-state index < -0.39 is 0 Å². The third-order valence-corrected chi connectivity index (χ3v) is 2.74. The maximum atomic E-state index is 4.15. The molecule has 1 aliphatic heterocycles. The second-order valence-electron chi connectivity index (χ2n) is 3.68. The molecule has 0 amide bonds. The van der Waals surface area contributed by atoms with E-state index in [9.17, 15) is 0 Å². The Hall–Kier alpha value is -0.890. The van der Waals surface area contributed by atoms with Gasteiger partial charge in [0.1, 0.15) is 0 Å². The number of rotatable bonds is 1. The predicted molar refractivity (Wildman–Crippen MR) is 53.1 cm³/mol. The van der Waals surface area contributed by atoms with Crippen molar-refractivity contribution in [2.24, 2.45) is 0 Å². The van der Waals surface area contributed by atoms with Gasteiger partial charge in [-0.05, 0) is 43.5 Å². The van der Waals surface area contributed by atoms with Gasteiger partial charge in [-0.25, -0.2) is 0 Å². The predicted octanol–water partition coefficient (Wildman–Crippen LogP) is 2.05. The molecule has 0 radical (unpaired) electrons. The highest BCUT2D eigenvalue weighted by atomic mass is 15.1. The minimum absolute atomic E-state index is 0.701. The number of piperidine rings is 1. The molecule has 70 valence electrons. The highest BCUT2D eigenvalue weighted by Gasteiger charge is 2.15. The van der Waals surface area contributed by atoms with Gasteiger partial charge in [0.25, 0.3) is 0 Å². The van der Waals surface area contributed by atoms with Crippen molar-refractivity contribution in [3.8, 4) is 0 Å². The molecule has 1 fully saturated rings. The molecule has 2 rings (SSSR count). The van der Waals surface area contributed by atoms with E-state index in [0.717, 1.165) is 13.1 Å². The molecule has 0 unspecified atom stereocenters. The molecule has 2 heterocycles. The average molecular weight is 175 g/mol. The van der Waals surface area contributed by atoms with Gasteiger partial charge in [-0.15, -0.1) is 0 Å². The maximum absolute atomic E-state index is 4.15. The Kier molecular flexibility index (Phi) is 2.60. The summed E-state index contributed by atoms with van der Waals surface area (Å²) >= 11 is 0. The first-order valence-corrected chi connectivity index (χ1v) is 4.81. The van der Waals surface area contributed by atoms with Crippen LogP contribution in [-0.2, 0) is 0 Å². The SMILES string of the molecule is [CH2-]N1CCC(c2cccnc2)CC1. The molecule has 0 saturated carbocycles. The molecule has 1 aromatic rings. The summed E-state index contributed by atoms with van der Waals surface area (Å²) in [5.41, 5.74) is 1.38. The molecule has 1 aromatic heterocycles. The molecule has 0 bridgehead atoms. The molecule has 0 aliphatic carbocycles. The number of aromatic nitrogens is 1. The van der Waals surface area contributed by atoms with Crippen LogP contribution in [0.4, 0.5) is 0 Å². The van der Waals surface area contributed by atoms with Crippen LogP contribution in [0.3, 0.4) is 0 Å². The second-order valence-corrected chi connectivity index (χ2v) is 3.68. The van der Waals surface area contributed by atoms with Crippen LogP contribution in [0.1, 0.15) is 24.3 Å². The molecular formula is C11H15N2-. The molecular weight excluding hydrogens is 160 g/mol. The monoisotopic (exact) mass is 175 g/mol. The first-order chi connectivity index (χ1) is 6.36. The highest BCUT2D eigenvalue weighted by Crippen LogP contribution is 2.26. The molecule has 13 heavy (non-hydrogen) atoms. The van der Waals surface area contributed by atoms with Gasteiger partial charge in [0.05, 0.1) is 0 Å². The normalized spacial score (nSPS) is 20.4. The molecule has 0 spiro atoms. The Morgan fingerprint density at radius 3 is 2.77 bits per heavy atom. The minimum atomic E-state index is 0.701. The minimum Gasteiger partial charge on any atom is -0.459 e. The van der Waals surface area contributed by atoms with E-state index in [1.807, 2.05) is 18.5 Å². The third-order valence-electron chi connectivity index (χ3n) is 2.74. The summed E-state index contributed by atoms with van der Waals surface area (Å²) in [5, 5.41) is 0. The van der Waals surface area contributed by atoms with E-state index >= 15 is 0 Å². The van der Waals surface area contributed by atoms with Crippen LogP contribution in [0.2, 0.25) is 0 Å². The van der Waals surface area contributed by atoms with Gasteiger partial charge in [0.15, 0.2) is 0 Å². The van der Waals surface area contributed by atoms with E-state index in [0.29, 0.717) is 5.92 Å². The summed E-state index contributed by atoms with van der Waals surface area (Å²) < 4.78 is 0. The lowest BCUT2D eigenvalue weighted by Gasteiger charge is -2.34. The summed E-state index contributed by atoms with van der Waals surface area (Å²) in [6.07, 6.45) is 6.26. The summed E-state index contributed by atoms with van der Waals surface area (Å²) in [6, 6.07) is 4.20. The molecule has 1 saturated heterocycles. The van der Waals surface area contributed by atoms with Crippen LogP contribution in [0, 0.1) is 7.05 Å². The fraction of sp³-hybridized carbons (Fsp3) is 0.455. The lowest BCUT2D eigenvalue weighted by molar-refractivity contribution is 0.280. The van der Waals surface area contributed by atoms with E-state index in [2.05, 4.69) is 23.0 Å². The first-order valence-electron chi connectivity index (χ1n) is 4.81. The molecule has 2 nitrogen and oxygen atoms in total. The van der Waals surface area contributed by atoms with Crippen LogP contribution in [-0.4, -0.2) is 23.0 Å². The zero-order valence-electron chi connectivity index (χ0n) is 7.82. The van der Waals surface area contributed by atoms with Crippen LogP contribution in [0.5, 0.6) is 0 Å². The smallest absolute Gasteiger partial charge is 0.0302 e. The van der Waals surface area contributed by atoms with E-state index in [1.54, 1.807) is 0 Å². The number of likely N-dealkylation sites (tertiary alicyclic amines) is 1. The van der Waals surface area contributed by atoms with Crippen LogP contribution in [0.25, 0.3) is 0 Å². The third kappa shape index (κ3) is 2.07. The summed E-state index contributed by atoms with van der Waals surface area (Å²) in [6.45, 7) is 2.22. The first kappa shape index (κ1) is 8.70. The fourth-order valence-electron chi connectivity index (χ4n) is 1.88. The van der Waals surface area contributed by atoms with Crippen LogP contribution >= 0.6 is 0 Å². The molecule has 0 atom stereocenters. The van der Waals surface area contributed by atoms with Gasteiger partial charge in [-0.2, -0.15) is 0 Å². The van der Waals surface area contributed by atoms with Crippen molar-refractivity contribution in [2.45, 2.75) is 18.8 Å². The quantitative estimate of drug-likeness (QED) is 0.607. The van der Waals surface area contributed by atoms with E-state index in [4.69, 9.17) is 0 Å². The summed E-state index contributed by atoms with van der Waals surface area (Å²) in [4.78, 5) is 6.30. The number of hydrogen-bond donors (Lipinski definition) is 0. The number of hydrogen-bond acceptors (Lipinski definition) is 2. The average Bonchev–Trinajstić information content (AvgIpc) is 2.20. The molecule has 0 N–H and O–H groups in total. The molecule has 0 aromatic carbocycles. The zero-order valence-corrected chi connectivity index (χ0v) is 7.82. The number of nitrogens with zero attached hydrogens (tertiary/aromatic N) is 2. The van der Waals surface area contributed by atoms with E-state index in [1.165, 1.54) is 18.4 Å². The van der Waals surface area contributed by atoms with Crippen molar-refractivity contribution in [3.63, 3.8) is 0 Å². The Bertz CT molecular complexity index is 250. The Morgan fingerprint density at radius 2 is 2.15 bits per heavy atom. The van der Waals surface area contributed by atoms with Crippen molar-refractivity contribution < 1.29 is 0 Å². The highest BCUT2D eigenvalue weighted by molar-refractivity contribution is 5.15. The molecule has 1 aliphatic rings. The van der Waals surface area contributed by atoms with Gasteiger partial charge in [0.2, 0.25) is 0 Å². The van der Waals surface area contributed by atoms with Gasteiger partial charge in [0, 0.05) is 12.4 Å². The second kappa shape index (κ2) is 3.88. The van der Waals surface area contributed by atoms with Gasteiger partial charge >= 0.3 is 0 Å². The zero-order chi connectivity index (χ0) is 9.10. The largest absolute Gasteiger partial charge is 0.459 e. The Labute approximate surface area is 79.6 Å². The molecule has 2 heteroatoms. The Balaban J connectivity index is 2.03. The Morgan fingerprint density at radius 1 is 1.38 bits per heavy atom. The fourth-order valence-corrected chi connectivity index (χ4v) is 1.88. The van der Waals surface area contributed by atoms with E-state index in [-0.39, 0.29) is 0 Å². The number of pyridine rings is 1. The standard InChI is InChI=1S/C11H15N2/c1-13-7-4-10(5-8-13)11-3-2-6-12-9-11/h2-3,6,9-10H,1,4-5,7-8H2/q-1. The van der Waals surface area contributed by atoms with Crippen LogP contribution < -0.4 is 0 Å². The summed E-state index contributed by atoms with van der Waals surface area (Å²) in [5.74, 6) is 0.701. The van der Waals surface area contributed by atoms with Crippen LogP contribution in [0.15, 0.2) is 24.5 Å². The topological polar surface area (TPSA) is 16.1 Å². The van der Waals surface area contributed by atoms with Gasteiger partial charge < -0.3 is 4.90 Å². The summed E-state index contributed by atoms with van der Waals surface area (Å²) in [7, 11) is 3.94. The maximum Gasteiger partial charge on any atom is 0.0302 e. The van der Waals surface area contributed by atoms with Crippen molar-refractivity contribution in [1.29, 1.82) is 0 Å². The van der Waals surface area contributed by atoms with Crippen molar-refractivity contribution >= 4 is 0 Å². The van der Waals surface area contributed by atoms with Gasteiger partial charge in [-0.1, -0.05) is 6.07 Å².